The summed E-state index contributed by atoms with van der Waals surface area (Å²) in [4.78, 5) is 18.6. The highest BCUT2D eigenvalue weighted by molar-refractivity contribution is 7.98. The van der Waals surface area contributed by atoms with E-state index < -0.39 is 6.04 Å². The van der Waals surface area contributed by atoms with Gasteiger partial charge in [0.05, 0.1) is 19.3 Å². The summed E-state index contributed by atoms with van der Waals surface area (Å²) in [6, 6.07) is 25.7. The second-order valence-electron chi connectivity index (χ2n) is 11.2. The summed E-state index contributed by atoms with van der Waals surface area (Å²) in [5.41, 5.74) is 4.46. The lowest BCUT2D eigenvalue weighted by Gasteiger charge is -2.30. The fourth-order valence-corrected chi connectivity index (χ4v) is 6.57. The molecule has 1 N–H and O–H groups in total. The molecule has 0 bridgehead atoms. The molecule has 1 atom stereocenters. The minimum absolute atomic E-state index is 0.0683. The minimum atomic E-state index is -0.548. The van der Waals surface area contributed by atoms with Crippen LogP contribution in [0.3, 0.4) is 0 Å². The van der Waals surface area contributed by atoms with Crippen LogP contribution in [0.2, 0.25) is 0 Å². The lowest BCUT2D eigenvalue weighted by atomic mass is 9.94. The maximum Gasteiger partial charge on any atom is 0.338 e. The molecule has 1 aromatic heterocycles. The molecule has 2 heterocycles. The number of hydrogen-bond donors (Lipinski definition) is 1. The fraction of sp³-hybridized carbons (Fsp3) is 0.343. The normalized spacial score (nSPS) is 16.6. The summed E-state index contributed by atoms with van der Waals surface area (Å²) < 4.78 is 19.8. The molecule has 0 amide bonds. The lowest BCUT2D eigenvalue weighted by Crippen LogP contribution is -2.32. The number of nitrogens with zero attached hydrogens (tertiary/aromatic N) is 3. The number of ether oxygens (including phenoxy) is 3. The van der Waals surface area contributed by atoms with Gasteiger partial charge in [-0.15, -0.1) is 5.10 Å². The molecule has 1 unspecified atom stereocenters. The Labute approximate surface area is 262 Å². The molecule has 9 heteroatoms. The van der Waals surface area contributed by atoms with Gasteiger partial charge in [-0.05, 0) is 61.4 Å². The number of hydrogen-bond acceptors (Lipinski definition) is 8. The molecule has 44 heavy (non-hydrogen) atoms. The molecule has 1 saturated carbocycles. The zero-order valence-corrected chi connectivity index (χ0v) is 26.0. The first-order valence-corrected chi connectivity index (χ1v) is 16.2. The van der Waals surface area contributed by atoms with Crippen molar-refractivity contribution in [3.05, 3.63) is 107 Å². The molecule has 0 spiro atoms. The predicted octanol–water partition coefficient (Wildman–Crippen LogP) is 7.37. The van der Waals surface area contributed by atoms with Crippen LogP contribution < -0.4 is 14.8 Å². The van der Waals surface area contributed by atoms with Crippen molar-refractivity contribution >= 4 is 23.7 Å². The number of allylic oxidation sites excluding steroid dienone is 1. The first-order chi connectivity index (χ1) is 21.6. The topological polar surface area (TPSA) is 87.5 Å². The van der Waals surface area contributed by atoms with Gasteiger partial charge < -0.3 is 19.5 Å². The third-order valence-electron chi connectivity index (χ3n) is 8.08. The number of rotatable bonds is 11. The van der Waals surface area contributed by atoms with Gasteiger partial charge in [-0.3, -0.25) is 0 Å². The Hall–Kier alpha value is -4.24. The highest BCUT2D eigenvalue weighted by Crippen LogP contribution is 2.40. The van der Waals surface area contributed by atoms with E-state index in [9.17, 15) is 4.79 Å². The number of methoxy groups -OCH3 is 1. The Kier molecular flexibility index (Phi) is 9.51. The maximum atomic E-state index is 13.8. The molecule has 3 aromatic carbocycles. The average Bonchev–Trinajstić information content (AvgIpc) is 3.47. The van der Waals surface area contributed by atoms with Crippen LogP contribution in [-0.2, 0) is 21.7 Å². The number of carbonyl (C=O) groups is 1. The van der Waals surface area contributed by atoms with Crippen LogP contribution in [0.15, 0.2) is 95.3 Å². The van der Waals surface area contributed by atoms with Crippen LogP contribution in [0.25, 0.3) is 0 Å². The summed E-state index contributed by atoms with van der Waals surface area (Å²) in [5, 5.41) is 8.85. The van der Waals surface area contributed by atoms with Gasteiger partial charge in [0.15, 0.2) is 11.5 Å². The molecule has 228 valence electrons. The number of nitrogens with one attached hydrogen (secondary N) is 1. The number of esters is 1. The highest BCUT2D eigenvalue weighted by atomic mass is 32.2. The molecular weight excluding hydrogens is 572 g/mol. The first kappa shape index (κ1) is 29.8. The van der Waals surface area contributed by atoms with Crippen molar-refractivity contribution in [2.45, 2.75) is 68.5 Å². The molecule has 2 aliphatic rings. The fourth-order valence-electron chi connectivity index (χ4n) is 5.78. The second kappa shape index (κ2) is 14.0. The number of carbonyl (C=O) groups excluding carboxylic acids is 1. The average molecular weight is 611 g/mol. The maximum absolute atomic E-state index is 13.8. The molecular formula is C35H38N4O4S. The molecule has 1 fully saturated rings. The van der Waals surface area contributed by atoms with Crippen molar-refractivity contribution in [2.75, 3.05) is 19.0 Å². The Bertz CT molecular complexity index is 1600. The Morgan fingerprint density at radius 3 is 2.41 bits per heavy atom. The van der Waals surface area contributed by atoms with Gasteiger partial charge in [0, 0.05) is 17.9 Å². The predicted molar refractivity (Wildman–Crippen MR) is 172 cm³/mol. The van der Waals surface area contributed by atoms with E-state index in [1.165, 1.54) is 17.5 Å². The summed E-state index contributed by atoms with van der Waals surface area (Å²) in [5.74, 6) is 2.23. The van der Waals surface area contributed by atoms with Gasteiger partial charge in [-0.25, -0.2) is 9.48 Å². The first-order valence-electron chi connectivity index (χ1n) is 15.3. The second-order valence-corrected chi connectivity index (χ2v) is 12.1. The van der Waals surface area contributed by atoms with E-state index >= 15 is 0 Å². The highest BCUT2D eigenvalue weighted by Gasteiger charge is 2.37. The van der Waals surface area contributed by atoms with Crippen LogP contribution in [0.1, 0.15) is 61.8 Å². The summed E-state index contributed by atoms with van der Waals surface area (Å²) in [6.07, 6.45) is 5.85. The van der Waals surface area contributed by atoms with Crippen molar-refractivity contribution in [2.24, 2.45) is 0 Å². The SMILES string of the molecule is COc1cc(C2C(C(=O)OC3CCCCC3)=C(C)Nc3nc(SCc4ccccc4)nn32)ccc1OCCc1ccccc1. The van der Waals surface area contributed by atoms with Crippen LogP contribution in [0, 0.1) is 0 Å². The van der Waals surface area contributed by atoms with Gasteiger partial charge in [0.2, 0.25) is 11.1 Å². The van der Waals surface area contributed by atoms with E-state index in [0.717, 1.165) is 43.4 Å². The van der Waals surface area contributed by atoms with Crippen molar-refractivity contribution < 1.29 is 19.0 Å². The Balaban J connectivity index is 1.29. The molecule has 0 saturated heterocycles. The van der Waals surface area contributed by atoms with Gasteiger partial charge >= 0.3 is 5.97 Å². The number of benzene rings is 3. The molecule has 6 rings (SSSR count). The van der Waals surface area contributed by atoms with E-state index in [0.29, 0.717) is 40.5 Å². The van der Waals surface area contributed by atoms with Crippen LogP contribution in [0.4, 0.5) is 5.95 Å². The van der Waals surface area contributed by atoms with Gasteiger partial charge in [0.1, 0.15) is 12.1 Å². The molecule has 0 radical (unpaired) electrons. The quantitative estimate of drug-likeness (QED) is 0.139. The summed E-state index contributed by atoms with van der Waals surface area (Å²) in [7, 11) is 1.63. The summed E-state index contributed by atoms with van der Waals surface area (Å²) >= 11 is 1.56. The smallest absolute Gasteiger partial charge is 0.338 e. The monoisotopic (exact) mass is 610 g/mol. The molecule has 1 aliphatic heterocycles. The van der Waals surface area contributed by atoms with E-state index in [4.69, 9.17) is 24.3 Å². The van der Waals surface area contributed by atoms with E-state index in [1.54, 1.807) is 23.6 Å². The number of anilines is 1. The van der Waals surface area contributed by atoms with E-state index in [1.807, 2.05) is 61.5 Å². The van der Waals surface area contributed by atoms with Crippen molar-refractivity contribution in [3.8, 4) is 11.5 Å². The van der Waals surface area contributed by atoms with Crippen molar-refractivity contribution in [3.63, 3.8) is 0 Å². The van der Waals surface area contributed by atoms with Crippen molar-refractivity contribution in [1.29, 1.82) is 0 Å². The Morgan fingerprint density at radius 2 is 1.68 bits per heavy atom. The minimum Gasteiger partial charge on any atom is -0.493 e. The number of aromatic nitrogens is 3. The zero-order chi connectivity index (χ0) is 30.3. The van der Waals surface area contributed by atoms with E-state index in [2.05, 4.69) is 29.6 Å². The van der Waals surface area contributed by atoms with Gasteiger partial charge in [-0.1, -0.05) is 84.9 Å². The van der Waals surface area contributed by atoms with Gasteiger partial charge in [0.25, 0.3) is 0 Å². The number of thioether (sulfide) groups is 1. The van der Waals surface area contributed by atoms with Crippen LogP contribution in [0.5, 0.6) is 11.5 Å². The number of fused-ring (bicyclic) bond motifs is 1. The molecule has 4 aromatic rings. The van der Waals surface area contributed by atoms with E-state index in [-0.39, 0.29) is 12.1 Å². The van der Waals surface area contributed by atoms with Crippen molar-refractivity contribution in [1.82, 2.24) is 14.8 Å². The third-order valence-corrected chi connectivity index (χ3v) is 8.99. The third kappa shape index (κ3) is 6.94. The molecule has 1 aliphatic carbocycles. The molecule has 8 nitrogen and oxygen atoms in total. The Morgan fingerprint density at radius 1 is 0.955 bits per heavy atom. The standard InChI is InChI=1S/C35H38N4O4S/c1-24-31(33(40)43-28-16-10-5-11-17-28)32(39-34(36-24)37-35(38-39)44-23-26-14-8-4-9-15-26)27-18-19-29(30(22-27)41-2)42-21-20-25-12-6-3-7-13-25/h3-4,6-9,12-15,18-19,22,28,32H,5,10-11,16-17,20-21,23H2,1-2H3,(H,36,37,38). The van der Waals surface area contributed by atoms with Crippen LogP contribution in [-0.4, -0.2) is 40.6 Å². The largest absolute Gasteiger partial charge is 0.493 e. The van der Waals surface area contributed by atoms with Gasteiger partial charge in [-0.2, -0.15) is 4.98 Å². The zero-order valence-electron chi connectivity index (χ0n) is 25.2. The summed E-state index contributed by atoms with van der Waals surface area (Å²) in [6.45, 7) is 2.41. The lowest BCUT2D eigenvalue weighted by molar-refractivity contribution is -0.146. The van der Waals surface area contributed by atoms with Crippen LogP contribution >= 0.6 is 11.8 Å².